The molecule has 0 saturated carbocycles. The number of nitrogens with one attached hydrogen (secondary N) is 1. The number of carbonyl (C=O) groups excluding carboxylic acids is 2. The number of hydrogen-bond acceptors (Lipinski definition) is 3. The summed E-state index contributed by atoms with van der Waals surface area (Å²) in [5.41, 5.74) is 1.90. The molecule has 6 heteroatoms. The Hall–Kier alpha value is -2.47. The van der Waals surface area contributed by atoms with Crippen LogP contribution in [-0.2, 0) is 9.53 Å². The van der Waals surface area contributed by atoms with Crippen molar-refractivity contribution in [2.24, 2.45) is 0 Å². The molecule has 0 spiro atoms. The standard InChI is InChI=1S/C18H15BrFNO3/c1-11-3-4-13(18(23)24-2)10-16(11)21-17(22)8-5-12-9-14(19)6-7-15(12)20/h3-10H,1-2H3,(H,21,22)/b8-5+. The maximum Gasteiger partial charge on any atom is 0.337 e. The molecular weight excluding hydrogens is 377 g/mol. The minimum atomic E-state index is -0.489. The molecule has 0 fully saturated rings. The fourth-order valence-corrected chi connectivity index (χ4v) is 2.36. The van der Waals surface area contributed by atoms with Crippen LogP contribution in [-0.4, -0.2) is 19.0 Å². The van der Waals surface area contributed by atoms with Gasteiger partial charge in [-0.1, -0.05) is 22.0 Å². The van der Waals surface area contributed by atoms with Crippen molar-refractivity contribution in [2.75, 3.05) is 12.4 Å². The molecule has 0 heterocycles. The van der Waals surface area contributed by atoms with Crippen molar-refractivity contribution < 1.29 is 18.7 Å². The number of aryl methyl sites for hydroxylation is 1. The molecule has 2 rings (SSSR count). The Morgan fingerprint density at radius 2 is 1.96 bits per heavy atom. The number of rotatable bonds is 4. The molecule has 0 aliphatic heterocycles. The smallest absolute Gasteiger partial charge is 0.337 e. The average molecular weight is 392 g/mol. The first-order valence-electron chi connectivity index (χ1n) is 7.04. The zero-order valence-electron chi connectivity index (χ0n) is 13.1. The molecule has 0 aliphatic rings. The van der Waals surface area contributed by atoms with Gasteiger partial charge in [0, 0.05) is 21.8 Å². The van der Waals surface area contributed by atoms with Gasteiger partial charge in [0.1, 0.15) is 5.82 Å². The highest BCUT2D eigenvalue weighted by molar-refractivity contribution is 9.10. The fraction of sp³-hybridized carbons (Fsp3) is 0.111. The lowest BCUT2D eigenvalue weighted by atomic mass is 10.1. The number of amides is 1. The van der Waals surface area contributed by atoms with Crippen LogP contribution in [0.15, 0.2) is 46.9 Å². The van der Waals surface area contributed by atoms with Gasteiger partial charge in [-0.05, 0) is 48.9 Å². The van der Waals surface area contributed by atoms with E-state index in [2.05, 4.69) is 26.0 Å². The summed E-state index contributed by atoms with van der Waals surface area (Å²) in [6.45, 7) is 1.80. The highest BCUT2D eigenvalue weighted by Gasteiger charge is 2.09. The lowest BCUT2D eigenvalue weighted by molar-refractivity contribution is -0.111. The molecule has 0 bridgehead atoms. The molecule has 0 saturated heterocycles. The molecular formula is C18H15BrFNO3. The number of methoxy groups -OCH3 is 1. The Kier molecular flexibility index (Phi) is 5.87. The Labute approximate surface area is 147 Å². The van der Waals surface area contributed by atoms with E-state index in [0.29, 0.717) is 21.3 Å². The van der Waals surface area contributed by atoms with Crippen LogP contribution in [0.1, 0.15) is 21.5 Å². The van der Waals surface area contributed by atoms with Crippen LogP contribution >= 0.6 is 15.9 Å². The SMILES string of the molecule is COC(=O)c1ccc(C)c(NC(=O)/C=C/c2cc(Br)ccc2F)c1. The Morgan fingerprint density at radius 1 is 1.21 bits per heavy atom. The van der Waals surface area contributed by atoms with Gasteiger partial charge in [-0.3, -0.25) is 4.79 Å². The molecule has 0 unspecified atom stereocenters. The highest BCUT2D eigenvalue weighted by Crippen LogP contribution is 2.19. The van der Waals surface area contributed by atoms with Crippen molar-refractivity contribution in [3.8, 4) is 0 Å². The van der Waals surface area contributed by atoms with Crippen molar-refractivity contribution in [2.45, 2.75) is 6.92 Å². The van der Waals surface area contributed by atoms with Crippen LogP contribution in [0.5, 0.6) is 0 Å². The third-order valence-corrected chi connectivity index (χ3v) is 3.78. The van der Waals surface area contributed by atoms with E-state index in [1.165, 1.54) is 31.4 Å². The van der Waals surface area contributed by atoms with Crippen LogP contribution in [0.25, 0.3) is 6.08 Å². The summed E-state index contributed by atoms with van der Waals surface area (Å²) < 4.78 is 19.0. The van der Waals surface area contributed by atoms with Gasteiger partial charge in [-0.25, -0.2) is 9.18 Å². The quantitative estimate of drug-likeness (QED) is 0.622. The van der Waals surface area contributed by atoms with E-state index < -0.39 is 17.7 Å². The van der Waals surface area contributed by atoms with Crippen molar-refractivity contribution in [3.63, 3.8) is 0 Å². The summed E-state index contributed by atoms with van der Waals surface area (Å²) in [4.78, 5) is 23.6. The summed E-state index contributed by atoms with van der Waals surface area (Å²) >= 11 is 3.25. The molecule has 24 heavy (non-hydrogen) atoms. The maximum atomic E-state index is 13.6. The second-order valence-electron chi connectivity index (χ2n) is 5.01. The molecule has 124 valence electrons. The van der Waals surface area contributed by atoms with Gasteiger partial charge < -0.3 is 10.1 Å². The van der Waals surface area contributed by atoms with E-state index in [1.807, 2.05) is 0 Å². The topological polar surface area (TPSA) is 55.4 Å². The van der Waals surface area contributed by atoms with Crippen molar-refractivity contribution in [3.05, 3.63) is 69.5 Å². The van der Waals surface area contributed by atoms with Crippen LogP contribution in [0, 0.1) is 12.7 Å². The lowest BCUT2D eigenvalue weighted by Gasteiger charge is -2.08. The summed E-state index contributed by atoms with van der Waals surface area (Å²) in [6.07, 6.45) is 2.62. The lowest BCUT2D eigenvalue weighted by Crippen LogP contribution is -2.10. The number of anilines is 1. The second-order valence-corrected chi connectivity index (χ2v) is 5.93. The largest absolute Gasteiger partial charge is 0.465 e. The molecule has 1 amide bonds. The number of esters is 1. The van der Waals surface area contributed by atoms with Gasteiger partial charge in [0.25, 0.3) is 0 Å². The molecule has 0 aromatic heterocycles. The van der Waals surface area contributed by atoms with Crippen LogP contribution in [0.3, 0.4) is 0 Å². The third kappa shape index (κ3) is 4.52. The van der Waals surface area contributed by atoms with E-state index in [9.17, 15) is 14.0 Å². The van der Waals surface area contributed by atoms with Gasteiger partial charge >= 0.3 is 5.97 Å². The first-order chi connectivity index (χ1) is 11.4. The number of halogens is 2. The number of ether oxygens (including phenoxy) is 1. The number of carbonyl (C=O) groups is 2. The van der Waals surface area contributed by atoms with Crippen LogP contribution < -0.4 is 5.32 Å². The van der Waals surface area contributed by atoms with Gasteiger partial charge in [0.05, 0.1) is 12.7 Å². The summed E-state index contributed by atoms with van der Waals surface area (Å²) in [6, 6.07) is 9.32. The maximum absolute atomic E-state index is 13.6. The van der Waals surface area contributed by atoms with E-state index in [-0.39, 0.29) is 0 Å². The monoisotopic (exact) mass is 391 g/mol. The molecule has 0 radical (unpaired) electrons. The first-order valence-corrected chi connectivity index (χ1v) is 7.83. The van der Waals surface area contributed by atoms with Gasteiger partial charge in [-0.15, -0.1) is 0 Å². The second kappa shape index (κ2) is 7.88. The predicted octanol–water partition coefficient (Wildman–Crippen LogP) is 4.34. The number of hydrogen-bond donors (Lipinski definition) is 1. The van der Waals surface area contributed by atoms with E-state index in [0.717, 1.165) is 5.56 Å². The summed E-state index contributed by atoms with van der Waals surface area (Å²) in [5, 5.41) is 2.67. The van der Waals surface area contributed by atoms with E-state index in [4.69, 9.17) is 0 Å². The van der Waals surface area contributed by atoms with Crippen LogP contribution in [0.2, 0.25) is 0 Å². The zero-order chi connectivity index (χ0) is 17.7. The molecule has 2 aromatic rings. The first kappa shape index (κ1) is 17.9. The van der Waals surface area contributed by atoms with Crippen LogP contribution in [0.4, 0.5) is 10.1 Å². The van der Waals surface area contributed by atoms with Crippen molar-refractivity contribution in [1.29, 1.82) is 0 Å². The third-order valence-electron chi connectivity index (χ3n) is 3.29. The minimum absolute atomic E-state index is 0.291. The Balaban J connectivity index is 2.16. The van der Waals surface area contributed by atoms with Crippen molar-refractivity contribution in [1.82, 2.24) is 0 Å². The molecule has 0 aliphatic carbocycles. The molecule has 0 atom stereocenters. The molecule has 1 N–H and O–H groups in total. The highest BCUT2D eigenvalue weighted by atomic mass is 79.9. The van der Waals surface area contributed by atoms with Gasteiger partial charge in [0.2, 0.25) is 5.91 Å². The van der Waals surface area contributed by atoms with E-state index >= 15 is 0 Å². The van der Waals surface area contributed by atoms with E-state index in [1.54, 1.807) is 31.2 Å². The summed E-state index contributed by atoms with van der Waals surface area (Å²) in [5.74, 6) is -1.34. The summed E-state index contributed by atoms with van der Waals surface area (Å²) in [7, 11) is 1.29. The predicted molar refractivity (Wildman–Crippen MR) is 94.3 cm³/mol. The fourth-order valence-electron chi connectivity index (χ4n) is 1.98. The minimum Gasteiger partial charge on any atom is -0.465 e. The van der Waals surface area contributed by atoms with Crippen molar-refractivity contribution >= 4 is 39.6 Å². The molecule has 2 aromatic carbocycles. The van der Waals surface area contributed by atoms with Gasteiger partial charge in [0.15, 0.2) is 0 Å². The normalized spacial score (nSPS) is 10.7. The Bertz CT molecular complexity index is 818. The zero-order valence-corrected chi connectivity index (χ0v) is 14.7. The number of benzene rings is 2. The Morgan fingerprint density at radius 3 is 2.67 bits per heavy atom. The average Bonchev–Trinajstić information content (AvgIpc) is 2.57. The molecule has 4 nitrogen and oxygen atoms in total. The van der Waals surface area contributed by atoms with Gasteiger partial charge in [-0.2, -0.15) is 0 Å².